The molecule has 4 nitrogen and oxygen atoms in total. The molecule has 0 atom stereocenters. The lowest BCUT2D eigenvalue weighted by Crippen LogP contribution is -2.43. The molecule has 0 aromatic carbocycles. The normalized spacial score (nSPS) is 28.2. The van der Waals surface area contributed by atoms with Crippen LogP contribution in [0, 0.1) is 0 Å². The second-order valence-electron chi connectivity index (χ2n) is 3.38. The van der Waals surface area contributed by atoms with Gasteiger partial charge in [-0.15, -0.1) is 0 Å². The van der Waals surface area contributed by atoms with E-state index in [9.17, 15) is 4.79 Å². The van der Waals surface area contributed by atoms with E-state index >= 15 is 0 Å². The predicted molar refractivity (Wildman–Crippen MR) is 60.8 cm³/mol. The fourth-order valence-electron chi connectivity index (χ4n) is 1.60. The van der Waals surface area contributed by atoms with Crippen LogP contribution in [0.1, 0.15) is 25.7 Å². The molecule has 0 unspecified atom stereocenters. The highest BCUT2D eigenvalue weighted by Crippen LogP contribution is 2.19. The third-order valence-corrected chi connectivity index (χ3v) is 3.32. The van der Waals surface area contributed by atoms with Crippen molar-refractivity contribution in [3.63, 3.8) is 0 Å². The van der Waals surface area contributed by atoms with Gasteiger partial charge in [0.15, 0.2) is 0 Å². The standard InChI is InChI=1S/C8H16IN3O/c1-10-8(13)11-6-2-4-7(12-9)5-3-6/h6-7,12H,2-5H2,1H3,(H2,10,11,13). The summed E-state index contributed by atoms with van der Waals surface area (Å²) < 4.78 is 3.23. The molecule has 1 aliphatic carbocycles. The minimum atomic E-state index is -0.0640. The smallest absolute Gasteiger partial charge is 0.314 e. The average molecular weight is 297 g/mol. The Morgan fingerprint density at radius 2 is 1.77 bits per heavy atom. The summed E-state index contributed by atoms with van der Waals surface area (Å²) in [5.41, 5.74) is 0. The van der Waals surface area contributed by atoms with Gasteiger partial charge in [0.1, 0.15) is 0 Å². The summed E-state index contributed by atoms with van der Waals surface area (Å²) in [5, 5.41) is 5.50. The Labute approximate surface area is 92.7 Å². The molecule has 0 bridgehead atoms. The van der Waals surface area contributed by atoms with Crippen molar-refractivity contribution in [1.29, 1.82) is 0 Å². The third-order valence-electron chi connectivity index (χ3n) is 2.44. The van der Waals surface area contributed by atoms with Gasteiger partial charge in [0.05, 0.1) is 0 Å². The van der Waals surface area contributed by atoms with E-state index in [1.807, 2.05) is 0 Å². The van der Waals surface area contributed by atoms with Crippen LogP contribution in [0.25, 0.3) is 0 Å². The van der Waals surface area contributed by atoms with Gasteiger partial charge in [-0.05, 0) is 25.7 Å². The molecule has 5 heteroatoms. The lowest BCUT2D eigenvalue weighted by atomic mass is 9.92. The number of rotatable bonds is 2. The van der Waals surface area contributed by atoms with Crippen LogP contribution in [0.3, 0.4) is 0 Å². The van der Waals surface area contributed by atoms with Crippen LogP contribution in [0.4, 0.5) is 4.79 Å². The van der Waals surface area contributed by atoms with Crippen molar-refractivity contribution in [3.8, 4) is 0 Å². The summed E-state index contributed by atoms with van der Waals surface area (Å²) >= 11 is 2.20. The highest BCUT2D eigenvalue weighted by molar-refractivity contribution is 14.1. The molecule has 13 heavy (non-hydrogen) atoms. The van der Waals surface area contributed by atoms with Crippen molar-refractivity contribution in [2.75, 3.05) is 7.05 Å². The highest BCUT2D eigenvalue weighted by atomic mass is 127. The number of hydrogen-bond acceptors (Lipinski definition) is 2. The van der Waals surface area contributed by atoms with Crippen molar-refractivity contribution >= 4 is 28.9 Å². The van der Waals surface area contributed by atoms with Crippen molar-refractivity contribution in [1.82, 2.24) is 14.2 Å². The molecule has 76 valence electrons. The minimum absolute atomic E-state index is 0.0640. The van der Waals surface area contributed by atoms with Crippen LogP contribution in [0.2, 0.25) is 0 Å². The summed E-state index contributed by atoms with van der Waals surface area (Å²) in [4.78, 5) is 11.0. The molecule has 0 aromatic heterocycles. The Morgan fingerprint density at radius 1 is 1.23 bits per heavy atom. The van der Waals surface area contributed by atoms with E-state index in [2.05, 4.69) is 37.0 Å². The van der Waals surface area contributed by atoms with E-state index in [1.165, 1.54) is 0 Å². The summed E-state index contributed by atoms with van der Waals surface area (Å²) in [6, 6.07) is 0.926. The molecular formula is C8H16IN3O. The number of hydrogen-bond donors (Lipinski definition) is 3. The Morgan fingerprint density at radius 3 is 2.23 bits per heavy atom. The number of amides is 2. The summed E-state index contributed by atoms with van der Waals surface area (Å²) in [6.07, 6.45) is 4.46. The Balaban J connectivity index is 2.21. The first kappa shape index (κ1) is 11.0. The lowest BCUT2D eigenvalue weighted by Gasteiger charge is -2.27. The van der Waals surface area contributed by atoms with Gasteiger partial charge in [0.25, 0.3) is 0 Å². The molecular weight excluding hydrogens is 281 g/mol. The molecule has 1 rings (SSSR count). The van der Waals surface area contributed by atoms with E-state index in [4.69, 9.17) is 0 Å². The largest absolute Gasteiger partial charge is 0.341 e. The molecule has 3 N–H and O–H groups in total. The molecule has 0 saturated heterocycles. The molecule has 0 spiro atoms. The highest BCUT2D eigenvalue weighted by Gasteiger charge is 2.20. The van der Waals surface area contributed by atoms with Gasteiger partial charge in [-0.25, -0.2) is 4.79 Å². The monoisotopic (exact) mass is 297 g/mol. The van der Waals surface area contributed by atoms with Crippen molar-refractivity contribution in [2.45, 2.75) is 37.8 Å². The maximum Gasteiger partial charge on any atom is 0.314 e. The first-order valence-corrected chi connectivity index (χ1v) is 5.68. The Kier molecular flexibility index (Phi) is 4.79. The van der Waals surface area contributed by atoms with Crippen molar-refractivity contribution < 1.29 is 4.79 Å². The van der Waals surface area contributed by atoms with E-state index in [-0.39, 0.29) is 6.03 Å². The van der Waals surface area contributed by atoms with Crippen molar-refractivity contribution in [2.24, 2.45) is 0 Å². The fourth-order valence-corrected chi connectivity index (χ4v) is 2.23. The molecule has 0 aromatic rings. The molecule has 1 fully saturated rings. The van der Waals surface area contributed by atoms with Crippen LogP contribution >= 0.6 is 22.9 Å². The predicted octanol–water partition coefficient (Wildman–Crippen LogP) is 1.17. The maximum absolute atomic E-state index is 11.0. The first-order valence-electron chi connectivity index (χ1n) is 4.60. The molecule has 2 amide bonds. The zero-order chi connectivity index (χ0) is 9.68. The molecule has 0 radical (unpaired) electrons. The van der Waals surface area contributed by atoms with E-state index in [0.717, 1.165) is 25.7 Å². The third kappa shape index (κ3) is 3.68. The fraction of sp³-hybridized carbons (Fsp3) is 0.875. The summed E-state index contributed by atoms with van der Waals surface area (Å²) in [5.74, 6) is 0. The SMILES string of the molecule is CNC(=O)NC1CCC(NI)CC1. The van der Waals surface area contributed by atoms with Crippen molar-refractivity contribution in [3.05, 3.63) is 0 Å². The van der Waals surface area contributed by atoms with Gasteiger partial charge in [-0.3, -0.25) is 3.53 Å². The zero-order valence-corrected chi connectivity index (χ0v) is 9.93. The number of carbonyl (C=O) groups is 1. The quantitative estimate of drug-likeness (QED) is 0.529. The van der Waals surface area contributed by atoms with Gasteiger partial charge in [0.2, 0.25) is 0 Å². The maximum atomic E-state index is 11.0. The summed E-state index contributed by atoms with van der Waals surface area (Å²) in [6.45, 7) is 0. The summed E-state index contributed by atoms with van der Waals surface area (Å²) in [7, 11) is 1.65. The van der Waals surface area contributed by atoms with Gasteiger partial charge >= 0.3 is 6.03 Å². The van der Waals surface area contributed by atoms with E-state index in [0.29, 0.717) is 12.1 Å². The average Bonchev–Trinajstić information content (AvgIpc) is 2.19. The van der Waals surface area contributed by atoms with E-state index in [1.54, 1.807) is 7.05 Å². The van der Waals surface area contributed by atoms with Crippen LogP contribution in [0.15, 0.2) is 0 Å². The Bertz CT molecular complexity index is 169. The number of urea groups is 1. The van der Waals surface area contributed by atoms with Gasteiger partial charge in [-0.1, -0.05) is 0 Å². The van der Waals surface area contributed by atoms with Crippen LogP contribution in [0.5, 0.6) is 0 Å². The number of halogens is 1. The second-order valence-corrected chi connectivity index (χ2v) is 4.00. The molecule has 0 heterocycles. The van der Waals surface area contributed by atoms with Gasteiger partial charge < -0.3 is 10.6 Å². The first-order chi connectivity index (χ1) is 6.26. The van der Waals surface area contributed by atoms with Crippen LogP contribution in [-0.2, 0) is 0 Å². The number of nitrogens with one attached hydrogen (secondary N) is 3. The lowest BCUT2D eigenvalue weighted by molar-refractivity contribution is 0.233. The van der Waals surface area contributed by atoms with Crippen LogP contribution in [-0.4, -0.2) is 25.2 Å². The van der Waals surface area contributed by atoms with Gasteiger partial charge in [-0.2, -0.15) is 0 Å². The van der Waals surface area contributed by atoms with E-state index < -0.39 is 0 Å². The topological polar surface area (TPSA) is 53.2 Å². The minimum Gasteiger partial charge on any atom is -0.341 e. The number of carbonyl (C=O) groups excluding carboxylic acids is 1. The van der Waals surface area contributed by atoms with Crippen LogP contribution < -0.4 is 14.2 Å². The molecule has 1 aliphatic rings. The molecule has 0 aliphatic heterocycles. The van der Waals surface area contributed by atoms with Gasteiger partial charge in [0, 0.05) is 42.0 Å². The Hall–Kier alpha value is -0.0400. The molecule has 1 saturated carbocycles. The zero-order valence-electron chi connectivity index (χ0n) is 7.77. The second kappa shape index (κ2) is 5.64.